The van der Waals surface area contributed by atoms with E-state index < -0.39 is 5.41 Å². The Bertz CT molecular complexity index is 4580. The summed E-state index contributed by atoms with van der Waals surface area (Å²) in [5, 5.41) is 2.43. The van der Waals surface area contributed by atoms with E-state index in [1.54, 1.807) is 0 Å². The molecular formula is C79H55N3. The number of anilines is 6. The molecule has 0 aliphatic heterocycles. The molecule has 0 saturated carbocycles. The second-order valence-electron chi connectivity index (χ2n) is 21.9. The summed E-state index contributed by atoms with van der Waals surface area (Å²) in [6.45, 7) is 0. The first-order valence-corrected chi connectivity index (χ1v) is 28.6. The number of fused-ring (bicyclic) bond motifs is 13. The molecule has 1 spiro atoms. The van der Waals surface area contributed by atoms with Crippen LogP contribution in [0.25, 0.3) is 72.0 Å². The molecule has 0 amide bonds. The number of nitrogens with zero attached hydrogens (tertiary/aromatic N) is 3. The van der Waals surface area contributed by atoms with E-state index in [1.165, 1.54) is 83.0 Å². The van der Waals surface area contributed by atoms with Gasteiger partial charge >= 0.3 is 0 Å². The molecule has 13 aromatic rings. The summed E-state index contributed by atoms with van der Waals surface area (Å²) in [6, 6.07) is 108. The van der Waals surface area contributed by atoms with Crippen LogP contribution in [0, 0.1) is 0 Å². The summed E-state index contributed by atoms with van der Waals surface area (Å²) in [5.41, 5.74) is 26.2. The molecule has 0 fully saturated rings. The zero-order valence-corrected chi connectivity index (χ0v) is 45.1. The fourth-order valence-electron chi connectivity index (χ4n) is 13.9. The zero-order valence-electron chi connectivity index (χ0n) is 45.1. The highest BCUT2D eigenvalue weighted by atomic mass is 15.2. The monoisotopic (exact) mass is 1050 g/mol. The smallest absolute Gasteiger partial charge is 0.0726 e. The molecule has 1 unspecified atom stereocenters. The van der Waals surface area contributed by atoms with Gasteiger partial charge in [-0.3, -0.25) is 0 Å². The number of hydrogen-bond acceptors (Lipinski definition) is 2. The highest BCUT2D eigenvalue weighted by Crippen LogP contribution is 2.64. The molecule has 3 aliphatic carbocycles. The molecule has 12 aromatic carbocycles. The van der Waals surface area contributed by atoms with Gasteiger partial charge in [-0.15, -0.1) is 0 Å². The third kappa shape index (κ3) is 7.51. The molecule has 386 valence electrons. The lowest BCUT2D eigenvalue weighted by molar-refractivity contribution is 0.794. The van der Waals surface area contributed by atoms with Crippen LogP contribution in [-0.2, 0) is 5.41 Å². The summed E-state index contributed by atoms with van der Waals surface area (Å²) in [4.78, 5) is 4.88. The number of aromatic nitrogens is 1. The van der Waals surface area contributed by atoms with Gasteiger partial charge in [-0.2, -0.15) is 0 Å². The Morgan fingerprint density at radius 1 is 0.341 bits per heavy atom. The van der Waals surface area contributed by atoms with Crippen molar-refractivity contribution in [3.05, 3.63) is 343 Å². The van der Waals surface area contributed by atoms with Crippen molar-refractivity contribution in [2.75, 3.05) is 9.80 Å². The number of benzene rings is 12. The van der Waals surface area contributed by atoms with E-state index in [9.17, 15) is 0 Å². The second kappa shape index (κ2) is 19.4. The molecule has 82 heavy (non-hydrogen) atoms. The van der Waals surface area contributed by atoms with E-state index in [1.807, 2.05) is 0 Å². The van der Waals surface area contributed by atoms with Crippen LogP contribution < -0.4 is 9.80 Å². The molecule has 16 rings (SSSR count). The lowest BCUT2D eigenvalue weighted by atomic mass is 9.70. The van der Waals surface area contributed by atoms with Crippen molar-refractivity contribution in [1.29, 1.82) is 0 Å². The zero-order chi connectivity index (χ0) is 54.1. The van der Waals surface area contributed by atoms with Crippen molar-refractivity contribution < 1.29 is 0 Å². The van der Waals surface area contributed by atoms with Gasteiger partial charge in [-0.1, -0.05) is 224 Å². The molecule has 0 radical (unpaired) electrons. The quantitative estimate of drug-likeness (QED) is 0.135. The highest BCUT2D eigenvalue weighted by Gasteiger charge is 2.52. The molecule has 1 heterocycles. The molecular weight excluding hydrogens is 991 g/mol. The summed E-state index contributed by atoms with van der Waals surface area (Å²) >= 11 is 0. The largest absolute Gasteiger partial charge is 0.310 e. The third-order valence-electron chi connectivity index (χ3n) is 17.5. The Balaban J connectivity index is 0.800. The first-order chi connectivity index (χ1) is 40.7. The molecule has 3 aliphatic rings. The van der Waals surface area contributed by atoms with Gasteiger partial charge in [0, 0.05) is 56.4 Å². The maximum atomic E-state index is 2.49. The SMILES string of the molecule is C1=CCC(c2ccc(N(c3ccc(-c4ccc(N(c5ccc(-c6ccccc6)cc5)c5ccc6c(c5)c5ccccc5n6-c5ccccc5)cc4)cc3)c3cccc4c3-c3ccccc3C43c4ccccc4-c4ccccc43)cc2)C=C1. The van der Waals surface area contributed by atoms with Gasteiger partial charge in [0.25, 0.3) is 0 Å². The first-order valence-electron chi connectivity index (χ1n) is 28.6. The average molecular weight is 1050 g/mol. The average Bonchev–Trinajstić information content (AvgIpc) is 2.63. The molecule has 0 N–H and O–H groups in total. The fraction of sp³-hybridized carbons (Fsp3) is 0.0380. The van der Waals surface area contributed by atoms with Crippen LogP contribution in [0.3, 0.4) is 0 Å². The summed E-state index contributed by atoms with van der Waals surface area (Å²) in [7, 11) is 0. The van der Waals surface area contributed by atoms with Crippen LogP contribution in [0.4, 0.5) is 34.1 Å². The van der Waals surface area contributed by atoms with Gasteiger partial charge in [0.05, 0.1) is 22.1 Å². The summed E-state index contributed by atoms with van der Waals surface area (Å²) in [6.07, 6.45) is 9.93. The minimum atomic E-state index is -0.446. The van der Waals surface area contributed by atoms with Crippen LogP contribution in [0.2, 0.25) is 0 Å². The van der Waals surface area contributed by atoms with E-state index in [0.29, 0.717) is 5.92 Å². The van der Waals surface area contributed by atoms with E-state index in [0.717, 1.165) is 57.4 Å². The Hall–Kier alpha value is -10.5. The third-order valence-corrected chi connectivity index (χ3v) is 17.5. The van der Waals surface area contributed by atoms with Crippen molar-refractivity contribution >= 4 is 55.9 Å². The van der Waals surface area contributed by atoms with Crippen LogP contribution in [0.1, 0.15) is 40.2 Å². The van der Waals surface area contributed by atoms with E-state index >= 15 is 0 Å². The number of rotatable bonds is 10. The number of allylic oxidation sites excluding steroid dienone is 4. The maximum Gasteiger partial charge on any atom is 0.0726 e. The van der Waals surface area contributed by atoms with Crippen LogP contribution in [0.5, 0.6) is 0 Å². The van der Waals surface area contributed by atoms with Gasteiger partial charge < -0.3 is 14.4 Å². The lowest BCUT2D eigenvalue weighted by Crippen LogP contribution is -2.26. The van der Waals surface area contributed by atoms with Gasteiger partial charge in [0.1, 0.15) is 0 Å². The van der Waals surface area contributed by atoms with E-state index in [2.05, 4.69) is 330 Å². The van der Waals surface area contributed by atoms with Crippen LogP contribution in [0.15, 0.2) is 315 Å². The Labute approximate surface area is 478 Å². The maximum absolute atomic E-state index is 2.49. The predicted molar refractivity (Wildman–Crippen MR) is 343 cm³/mol. The van der Waals surface area contributed by atoms with E-state index in [4.69, 9.17) is 0 Å². The standard InChI is InChI=1S/C79H55N3/c1-4-19-54(20-5-1)56-35-43-61(44-36-56)80(65-51-52-76-70(53-65)68-27-13-17-33-75(68)82(76)60-23-8-3-9-24-60)62-45-37-58(38-46-62)59-41-49-64(50-42-59)81(63-47-39-57(40-48-63)55-21-6-2-7-22-55)77-34-18-32-74-78(77)69-28-12-16-31-73(69)79(74)71-29-14-10-25-66(71)67-26-11-15-30-72(67)79/h1-21,23-53,55H,22H2. The molecule has 0 saturated heterocycles. The molecule has 1 aromatic heterocycles. The minimum absolute atomic E-state index is 0.359. The van der Waals surface area contributed by atoms with Crippen molar-refractivity contribution in [2.24, 2.45) is 0 Å². The minimum Gasteiger partial charge on any atom is -0.310 e. The predicted octanol–water partition coefficient (Wildman–Crippen LogP) is 21.0. The topological polar surface area (TPSA) is 11.4 Å². The Morgan fingerprint density at radius 2 is 0.817 bits per heavy atom. The van der Waals surface area contributed by atoms with Gasteiger partial charge in [-0.25, -0.2) is 0 Å². The summed E-state index contributed by atoms with van der Waals surface area (Å²) in [5.74, 6) is 0.359. The Morgan fingerprint density at radius 3 is 1.43 bits per heavy atom. The Kier molecular flexibility index (Phi) is 11.2. The van der Waals surface area contributed by atoms with Crippen molar-refractivity contribution in [3.63, 3.8) is 0 Å². The van der Waals surface area contributed by atoms with Gasteiger partial charge in [-0.05, 0) is 164 Å². The van der Waals surface area contributed by atoms with E-state index in [-0.39, 0.29) is 0 Å². The van der Waals surface area contributed by atoms with Gasteiger partial charge in [0.15, 0.2) is 0 Å². The summed E-state index contributed by atoms with van der Waals surface area (Å²) < 4.78 is 2.38. The van der Waals surface area contributed by atoms with Crippen LogP contribution >= 0.6 is 0 Å². The molecule has 3 nitrogen and oxygen atoms in total. The molecule has 1 atom stereocenters. The normalized spacial score (nSPS) is 14.2. The van der Waals surface area contributed by atoms with Crippen molar-refractivity contribution in [3.8, 4) is 50.2 Å². The first kappa shape index (κ1) is 47.5. The lowest BCUT2D eigenvalue weighted by Gasteiger charge is -2.32. The highest BCUT2D eigenvalue weighted by molar-refractivity contribution is 6.11. The van der Waals surface area contributed by atoms with Crippen molar-refractivity contribution in [1.82, 2.24) is 4.57 Å². The van der Waals surface area contributed by atoms with Crippen LogP contribution in [-0.4, -0.2) is 4.57 Å². The fourth-order valence-corrected chi connectivity index (χ4v) is 13.9. The van der Waals surface area contributed by atoms with Crippen molar-refractivity contribution in [2.45, 2.75) is 17.8 Å². The number of hydrogen-bond donors (Lipinski definition) is 0. The number of para-hydroxylation sites is 2. The second-order valence-corrected chi connectivity index (χ2v) is 21.9. The molecule has 3 heteroatoms. The molecule has 0 bridgehead atoms. The van der Waals surface area contributed by atoms with Gasteiger partial charge in [0.2, 0.25) is 0 Å².